The van der Waals surface area contributed by atoms with E-state index in [1.807, 2.05) is 18.2 Å². The average Bonchev–Trinajstić information content (AvgIpc) is 3.45. The van der Waals surface area contributed by atoms with Gasteiger partial charge >= 0.3 is 0 Å². The van der Waals surface area contributed by atoms with Gasteiger partial charge in [-0.15, -0.1) is 0 Å². The molecule has 0 atom stereocenters. The minimum atomic E-state index is 0.00304. The lowest BCUT2D eigenvalue weighted by Gasteiger charge is -2.19. The van der Waals surface area contributed by atoms with Crippen LogP contribution in [0, 0.1) is 0 Å². The SMILES string of the molecule is CC(C)(C)c1cc2c3ccc(O)cc3n3c4cc5cc6oc7cc(O)ccc7c6cc5cc4c(c1)c23. The predicted molar refractivity (Wildman–Crippen MR) is 148 cm³/mol. The Morgan fingerprint density at radius 3 is 1.97 bits per heavy atom. The van der Waals surface area contributed by atoms with E-state index in [1.54, 1.807) is 18.2 Å². The molecule has 0 amide bonds. The Hall–Kier alpha value is -4.44. The van der Waals surface area contributed by atoms with Crippen molar-refractivity contribution in [2.45, 2.75) is 26.2 Å². The molecule has 3 aromatic heterocycles. The number of rotatable bonds is 0. The number of phenolic OH excluding ortho intramolecular Hbond substituents is 2. The molecular weight excluding hydrogens is 446 g/mol. The minimum absolute atomic E-state index is 0.00304. The molecule has 8 rings (SSSR count). The van der Waals surface area contributed by atoms with Crippen molar-refractivity contribution in [2.24, 2.45) is 0 Å². The van der Waals surface area contributed by atoms with Gasteiger partial charge in [-0.2, -0.15) is 0 Å². The summed E-state index contributed by atoms with van der Waals surface area (Å²) < 4.78 is 8.40. The first kappa shape index (κ1) is 19.8. The molecule has 174 valence electrons. The van der Waals surface area contributed by atoms with Crippen LogP contribution in [0.2, 0.25) is 0 Å². The van der Waals surface area contributed by atoms with E-state index < -0.39 is 0 Å². The molecule has 0 radical (unpaired) electrons. The second kappa shape index (κ2) is 6.21. The maximum absolute atomic E-state index is 10.4. The summed E-state index contributed by atoms with van der Waals surface area (Å²) in [5.41, 5.74) is 6.09. The summed E-state index contributed by atoms with van der Waals surface area (Å²) in [5.74, 6) is 0.462. The molecular formula is C32H23NO3. The Balaban J connectivity index is 1.58. The number of nitrogens with zero attached hydrogens (tertiary/aromatic N) is 1. The normalized spacial score (nSPS) is 13.1. The van der Waals surface area contributed by atoms with Crippen LogP contribution in [0.3, 0.4) is 0 Å². The highest BCUT2D eigenvalue weighted by Gasteiger charge is 2.23. The van der Waals surface area contributed by atoms with Crippen LogP contribution in [-0.2, 0) is 5.41 Å². The Labute approximate surface area is 205 Å². The van der Waals surface area contributed by atoms with Crippen molar-refractivity contribution in [3.8, 4) is 11.5 Å². The fraction of sp³-hybridized carbons (Fsp3) is 0.125. The molecule has 0 saturated carbocycles. The second-order valence-corrected chi connectivity index (χ2v) is 11.1. The number of phenols is 2. The molecule has 0 bridgehead atoms. The number of hydrogen-bond donors (Lipinski definition) is 2. The Kier molecular flexibility index (Phi) is 3.42. The minimum Gasteiger partial charge on any atom is -0.508 e. The summed E-state index contributed by atoms with van der Waals surface area (Å²) in [7, 11) is 0. The van der Waals surface area contributed by atoms with E-state index in [2.05, 4.69) is 61.6 Å². The Morgan fingerprint density at radius 1 is 0.583 bits per heavy atom. The summed E-state index contributed by atoms with van der Waals surface area (Å²) in [6, 6.07) is 24.4. The van der Waals surface area contributed by atoms with Crippen molar-refractivity contribution in [1.82, 2.24) is 4.40 Å². The van der Waals surface area contributed by atoms with Crippen LogP contribution in [0.25, 0.3) is 70.8 Å². The van der Waals surface area contributed by atoms with Gasteiger partial charge in [0.25, 0.3) is 0 Å². The van der Waals surface area contributed by atoms with Gasteiger partial charge in [0.2, 0.25) is 0 Å². The number of aromatic hydroxyl groups is 2. The zero-order valence-electron chi connectivity index (χ0n) is 20.2. The fourth-order valence-corrected chi connectivity index (χ4v) is 5.97. The maximum atomic E-state index is 10.4. The van der Waals surface area contributed by atoms with Gasteiger partial charge in [0.15, 0.2) is 0 Å². The first-order valence-corrected chi connectivity index (χ1v) is 12.2. The molecule has 2 N–H and O–H groups in total. The number of hydrogen-bond acceptors (Lipinski definition) is 3. The van der Waals surface area contributed by atoms with Crippen LogP contribution in [-0.4, -0.2) is 14.6 Å². The molecule has 36 heavy (non-hydrogen) atoms. The third-order valence-corrected chi connectivity index (χ3v) is 7.77. The van der Waals surface area contributed by atoms with E-state index in [-0.39, 0.29) is 16.9 Å². The zero-order chi connectivity index (χ0) is 24.5. The van der Waals surface area contributed by atoms with Crippen LogP contribution in [0.5, 0.6) is 11.5 Å². The van der Waals surface area contributed by atoms with Crippen LogP contribution in [0.15, 0.2) is 77.2 Å². The van der Waals surface area contributed by atoms with Crippen LogP contribution < -0.4 is 0 Å². The summed E-state index contributed by atoms with van der Waals surface area (Å²) in [4.78, 5) is 0. The van der Waals surface area contributed by atoms with Crippen molar-refractivity contribution in [3.63, 3.8) is 0 Å². The largest absolute Gasteiger partial charge is 0.508 e. The summed E-state index contributed by atoms with van der Waals surface area (Å²) in [6.07, 6.45) is 0. The topological polar surface area (TPSA) is 58.0 Å². The number of fused-ring (bicyclic) bond motifs is 10. The van der Waals surface area contributed by atoms with E-state index in [0.717, 1.165) is 43.5 Å². The summed E-state index contributed by atoms with van der Waals surface area (Å²) in [6.45, 7) is 6.75. The van der Waals surface area contributed by atoms with Gasteiger partial charge in [-0.1, -0.05) is 20.8 Å². The lowest BCUT2D eigenvalue weighted by Crippen LogP contribution is -2.10. The molecule has 0 unspecified atom stereocenters. The molecule has 0 aliphatic rings. The maximum Gasteiger partial charge on any atom is 0.139 e. The molecule has 0 saturated heterocycles. The van der Waals surface area contributed by atoms with Gasteiger partial charge in [-0.05, 0) is 82.4 Å². The van der Waals surface area contributed by atoms with E-state index in [9.17, 15) is 10.2 Å². The van der Waals surface area contributed by atoms with E-state index in [1.165, 1.54) is 27.2 Å². The number of aromatic nitrogens is 1. The van der Waals surface area contributed by atoms with E-state index in [0.29, 0.717) is 5.58 Å². The second-order valence-electron chi connectivity index (χ2n) is 11.1. The molecule has 4 nitrogen and oxygen atoms in total. The lowest BCUT2D eigenvalue weighted by molar-refractivity contribution is 0.474. The Bertz CT molecular complexity index is 2210. The molecule has 5 aromatic carbocycles. The first-order chi connectivity index (χ1) is 17.3. The molecule has 0 aliphatic carbocycles. The highest BCUT2D eigenvalue weighted by molar-refractivity contribution is 6.25. The molecule has 3 heterocycles. The third-order valence-electron chi connectivity index (χ3n) is 7.77. The monoisotopic (exact) mass is 469 g/mol. The summed E-state index contributed by atoms with van der Waals surface area (Å²) in [5, 5.41) is 29.3. The quantitative estimate of drug-likeness (QED) is 0.234. The molecule has 8 aromatic rings. The van der Waals surface area contributed by atoms with Crippen LogP contribution in [0.1, 0.15) is 26.3 Å². The highest BCUT2D eigenvalue weighted by atomic mass is 16.3. The van der Waals surface area contributed by atoms with Crippen LogP contribution in [0.4, 0.5) is 0 Å². The zero-order valence-corrected chi connectivity index (χ0v) is 20.2. The van der Waals surface area contributed by atoms with E-state index in [4.69, 9.17) is 4.42 Å². The smallest absolute Gasteiger partial charge is 0.139 e. The lowest BCUT2D eigenvalue weighted by atomic mass is 9.85. The van der Waals surface area contributed by atoms with Crippen LogP contribution >= 0.6 is 0 Å². The van der Waals surface area contributed by atoms with E-state index >= 15 is 0 Å². The van der Waals surface area contributed by atoms with Gasteiger partial charge in [0.1, 0.15) is 22.7 Å². The molecule has 0 spiro atoms. The number of furan rings is 1. The van der Waals surface area contributed by atoms with Crippen molar-refractivity contribution in [1.29, 1.82) is 0 Å². The van der Waals surface area contributed by atoms with Crippen molar-refractivity contribution >= 4 is 70.8 Å². The van der Waals surface area contributed by atoms with Gasteiger partial charge in [0, 0.05) is 44.5 Å². The van der Waals surface area contributed by atoms with Gasteiger partial charge in [-0.25, -0.2) is 0 Å². The summed E-state index contributed by atoms with van der Waals surface area (Å²) >= 11 is 0. The average molecular weight is 470 g/mol. The third kappa shape index (κ3) is 2.43. The first-order valence-electron chi connectivity index (χ1n) is 12.2. The molecule has 0 fully saturated rings. The van der Waals surface area contributed by atoms with Gasteiger partial charge < -0.3 is 19.0 Å². The van der Waals surface area contributed by atoms with Crippen molar-refractivity contribution in [2.75, 3.05) is 0 Å². The fourth-order valence-electron chi connectivity index (χ4n) is 5.97. The molecule has 4 heteroatoms. The van der Waals surface area contributed by atoms with Gasteiger partial charge in [0.05, 0.1) is 16.6 Å². The standard InChI is InChI=1S/C32H23NO3/c1-32(2,3)18-12-25-21-6-4-19(34)14-28(21)33-27-10-17-11-29-24(22-7-5-20(35)15-30(22)36-29)9-16(17)8-23(27)26(13-18)31(25)33/h4-15,34-35H,1-3H3. The molecule has 0 aliphatic heterocycles. The highest BCUT2D eigenvalue weighted by Crippen LogP contribution is 2.44. The van der Waals surface area contributed by atoms with Gasteiger partial charge in [-0.3, -0.25) is 0 Å². The number of benzene rings is 5. The van der Waals surface area contributed by atoms with Crippen molar-refractivity contribution in [3.05, 3.63) is 78.4 Å². The predicted octanol–water partition coefficient (Wildman–Crippen LogP) is 8.60. The Morgan fingerprint density at radius 2 is 1.19 bits per heavy atom. The van der Waals surface area contributed by atoms with Crippen molar-refractivity contribution < 1.29 is 14.6 Å².